The largest absolute Gasteiger partial charge is 0.342 e. The van der Waals surface area contributed by atoms with Crippen LogP contribution in [-0.4, -0.2) is 36.3 Å². The van der Waals surface area contributed by atoms with Crippen molar-refractivity contribution in [2.75, 3.05) is 0 Å². The van der Waals surface area contributed by atoms with Gasteiger partial charge in [0.05, 0.1) is 13.1 Å². The van der Waals surface area contributed by atoms with Crippen LogP contribution in [0.25, 0.3) is 11.5 Å². The van der Waals surface area contributed by atoms with Gasteiger partial charge in [-0.3, -0.25) is 4.79 Å². The van der Waals surface area contributed by atoms with Gasteiger partial charge in [-0.05, 0) is 41.3 Å². The summed E-state index contributed by atoms with van der Waals surface area (Å²) < 4.78 is 5.30. The minimum absolute atomic E-state index is 0.0609. The number of fused-ring (bicyclic) bond motifs is 1. The molecule has 25 heavy (non-hydrogen) atoms. The normalized spacial score (nSPS) is 16.0. The first kappa shape index (κ1) is 15.4. The van der Waals surface area contributed by atoms with Crippen LogP contribution in [-0.2, 0) is 19.9 Å². The lowest BCUT2D eigenvalue weighted by Crippen LogP contribution is -2.28. The molecule has 1 unspecified atom stereocenters. The predicted octanol–water partition coefficient (Wildman–Crippen LogP) is 1.24. The van der Waals surface area contributed by atoms with Gasteiger partial charge < -0.3 is 9.84 Å². The van der Waals surface area contributed by atoms with Crippen molar-refractivity contribution in [3.8, 4) is 11.5 Å². The first-order valence-corrected chi connectivity index (χ1v) is 8.14. The molecule has 0 saturated carbocycles. The molecule has 128 valence electrons. The summed E-state index contributed by atoms with van der Waals surface area (Å²) in [4.78, 5) is 17.8. The molecule has 4 rings (SSSR count). The average Bonchev–Trinajstić information content (AvgIpc) is 3.34. The summed E-state index contributed by atoms with van der Waals surface area (Å²) in [6, 6.07) is 5.93. The first-order valence-electron chi connectivity index (χ1n) is 8.14. The van der Waals surface area contributed by atoms with Gasteiger partial charge in [-0.2, -0.15) is 9.78 Å². The predicted molar refractivity (Wildman–Crippen MR) is 86.4 cm³/mol. The van der Waals surface area contributed by atoms with Gasteiger partial charge in [0.25, 0.3) is 17.6 Å². The Morgan fingerprint density at radius 2 is 2.32 bits per heavy atom. The monoisotopic (exact) mass is 339 g/mol. The number of hydrogen-bond acceptors (Lipinski definition) is 7. The second-order valence-electron chi connectivity index (χ2n) is 5.95. The topological polar surface area (TPSA) is 112 Å². The van der Waals surface area contributed by atoms with Crippen LogP contribution in [0.15, 0.2) is 22.7 Å². The fourth-order valence-electron chi connectivity index (χ4n) is 3.01. The molecule has 0 saturated heterocycles. The third kappa shape index (κ3) is 2.88. The number of carbonyl (C=O) groups is 1. The molecule has 0 radical (unpaired) electrons. The van der Waals surface area contributed by atoms with E-state index in [1.54, 1.807) is 7.05 Å². The van der Waals surface area contributed by atoms with Crippen LogP contribution >= 0.6 is 0 Å². The van der Waals surface area contributed by atoms with E-state index >= 15 is 0 Å². The maximum absolute atomic E-state index is 12.2. The molecule has 1 aliphatic rings. The summed E-state index contributed by atoms with van der Waals surface area (Å²) in [5.41, 5.74) is 3.16. The number of hydrogen-bond donors (Lipinski definition) is 1. The van der Waals surface area contributed by atoms with E-state index in [4.69, 9.17) is 4.52 Å². The van der Waals surface area contributed by atoms with Crippen molar-refractivity contribution in [3.05, 3.63) is 41.0 Å². The highest BCUT2D eigenvalue weighted by atomic mass is 16.5. The summed E-state index contributed by atoms with van der Waals surface area (Å²) in [5, 5.41) is 18.2. The average molecular weight is 339 g/mol. The minimum Gasteiger partial charge on any atom is -0.342 e. The molecule has 1 aromatic carbocycles. The lowest BCUT2D eigenvalue weighted by molar-refractivity contribution is 0.0926. The van der Waals surface area contributed by atoms with Gasteiger partial charge in [0.15, 0.2) is 5.82 Å². The van der Waals surface area contributed by atoms with Gasteiger partial charge >= 0.3 is 0 Å². The third-order valence-corrected chi connectivity index (χ3v) is 4.27. The van der Waals surface area contributed by atoms with Crippen LogP contribution in [0.4, 0.5) is 0 Å². The third-order valence-electron chi connectivity index (χ3n) is 4.27. The fourth-order valence-corrected chi connectivity index (χ4v) is 3.01. The van der Waals surface area contributed by atoms with Gasteiger partial charge in [0, 0.05) is 12.0 Å². The van der Waals surface area contributed by atoms with Gasteiger partial charge in [-0.25, -0.2) is 0 Å². The second-order valence-corrected chi connectivity index (χ2v) is 5.95. The van der Waals surface area contributed by atoms with Crippen molar-refractivity contribution in [2.24, 2.45) is 7.05 Å². The number of amides is 1. The Labute approximate surface area is 143 Å². The van der Waals surface area contributed by atoms with Crippen LogP contribution < -0.4 is 5.32 Å². The lowest BCUT2D eigenvalue weighted by Gasteiger charge is -2.12. The lowest BCUT2D eigenvalue weighted by atomic mass is 10.0. The van der Waals surface area contributed by atoms with Crippen molar-refractivity contribution in [3.63, 3.8) is 0 Å². The van der Waals surface area contributed by atoms with E-state index in [1.807, 2.05) is 19.1 Å². The first-order chi connectivity index (χ1) is 12.1. The SMILES string of the molecule is CCc1noc(-c2ccc3c(c2)CCC3NC(=O)c2nnn(C)n2)n1. The molecular weight excluding hydrogens is 322 g/mol. The highest BCUT2D eigenvalue weighted by molar-refractivity contribution is 5.90. The Hall–Kier alpha value is -3.10. The van der Waals surface area contributed by atoms with Crippen molar-refractivity contribution in [2.45, 2.75) is 32.2 Å². The zero-order chi connectivity index (χ0) is 17.4. The molecule has 2 heterocycles. The summed E-state index contributed by atoms with van der Waals surface area (Å²) in [6.07, 6.45) is 2.44. The molecule has 0 aliphatic heterocycles. The smallest absolute Gasteiger partial charge is 0.293 e. The van der Waals surface area contributed by atoms with Crippen molar-refractivity contribution < 1.29 is 9.32 Å². The molecule has 0 bridgehead atoms. The van der Waals surface area contributed by atoms with Crippen molar-refractivity contribution >= 4 is 5.91 Å². The Bertz CT molecular complexity index is 930. The number of tetrazole rings is 1. The van der Waals surface area contributed by atoms with Crippen LogP contribution in [0.2, 0.25) is 0 Å². The number of aryl methyl sites for hydroxylation is 3. The number of aromatic nitrogens is 6. The van der Waals surface area contributed by atoms with E-state index in [-0.39, 0.29) is 17.8 Å². The zero-order valence-corrected chi connectivity index (χ0v) is 13.9. The van der Waals surface area contributed by atoms with E-state index in [9.17, 15) is 4.79 Å². The highest BCUT2D eigenvalue weighted by Crippen LogP contribution is 2.34. The summed E-state index contributed by atoms with van der Waals surface area (Å²) in [5.74, 6) is 0.970. The van der Waals surface area contributed by atoms with Crippen LogP contribution in [0.3, 0.4) is 0 Å². The highest BCUT2D eigenvalue weighted by Gasteiger charge is 2.26. The Balaban J connectivity index is 1.54. The molecule has 3 aromatic rings. The van der Waals surface area contributed by atoms with E-state index < -0.39 is 0 Å². The molecule has 1 N–H and O–H groups in total. The standard InChI is InChI=1S/C16H17N7O2/c1-3-13-18-16(25-21-13)10-4-6-11-9(8-10)5-7-12(11)17-15(24)14-19-22-23(2)20-14/h4,6,8,12H,3,5,7H2,1-2H3,(H,17,24). The van der Waals surface area contributed by atoms with Crippen molar-refractivity contribution in [1.29, 1.82) is 0 Å². The van der Waals surface area contributed by atoms with Crippen LogP contribution in [0.1, 0.15) is 47.0 Å². The molecule has 9 nitrogen and oxygen atoms in total. The maximum atomic E-state index is 12.2. The van der Waals surface area contributed by atoms with E-state index in [0.717, 1.165) is 30.4 Å². The number of rotatable bonds is 4. The fraction of sp³-hybridized carbons (Fsp3) is 0.375. The van der Waals surface area contributed by atoms with Gasteiger partial charge in [-0.1, -0.05) is 18.1 Å². The molecular formula is C16H17N7O2. The molecule has 9 heteroatoms. The summed E-state index contributed by atoms with van der Waals surface area (Å²) in [7, 11) is 1.62. The Kier molecular flexibility index (Phi) is 3.75. The van der Waals surface area contributed by atoms with Gasteiger partial charge in [0.2, 0.25) is 0 Å². The molecule has 1 aliphatic carbocycles. The number of benzene rings is 1. The van der Waals surface area contributed by atoms with Crippen LogP contribution in [0, 0.1) is 0 Å². The maximum Gasteiger partial charge on any atom is 0.293 e. The van der Waals surface area contributed by atoms with Gasteiger partial charge in [0.1, 0.15) is 0 Å². The molecule has 0 spiro atoms. The molecule has 0 fully saturated rings. The molecule has 2 aromatic heterocycles. The summed E-state index contributed by atoms with van der Waals surface area (Å²) >= 11 is 0. The zero-order valence-electron chi connectivity index (χ0n) is 13.9. The summed E-state index contributed by atoms with van der Waals surface area (Å²) in [6.45, 7) is 1.98. The Morgan fingerprint density at radius 3 is 3.04 bits per heavy atom. The van der Waals surface area contributed by atoms with E-state index in [1.165, 1.54) is 10.4 Å². The molecule has 1 amide bonds. The minimum atomic E-state index is -0.320. The Morgan fingerprint density at radius 1 is 1.44 bits per heavy atom. The van der Waals surface area contributed by atoms with E-state index in [0.29, 0.717) is 11.7 Å². The van der Waals surface area contributed by atoms with Gasteiger partial charge in [-0.15, -0.1) is 10.2 Å². The second kappa shape index (κ2) is 6.08. The van der Waals surface area contributed by atoms with E-state index in [2.05, 4.69) is 36.9 Å². The van der Waals surface area contributed by atoms with Crippen molar-refractivity contribution in [1.82, 2.24) is 35.7 Å². The number of carbonyl (C=O) groups excluding carboxylic acids is 1. The molecule has 1 atom stereocenters. The number of nitrogens with one attached hydrogen (secondary N) is 1. The number of nitrogens with zero attached hydrogens (tertiary/aromatic N) is 6. The quantitative estimate of drug-likeness (QED) is 0.761. The van der Waals surface area contributed by atoms with Crippen LogP contribution in [0.5, 0.6) is 0 Å².